The first kappa shape index (κ1) is 18.1. The van der Waals surface area contributed by atoms with E-state index < -0.39 is 5.97 Å². The molecule has 1 aromatic carbocycles. The number of para-hydroxylation sites is 1. The van der Waals surface area contributed by atoms with Crippen LogP contribution in [0.1, 0.15) is 29.9 Å². The molecule has 0 radical (unpaired) electrons. The molecule has 26 heavy (non-hydrogen) atoms. The molecule has 3 rings (SSSR count). The number of ether oxygens (including phenoxy) is 1. The van der Waals surface area contributed by atoms with Gasteiger partial charge in [0.2, 0.25) is 5.91 Å². The number of pyridine rings is 1. The number of hydrogen-bond acceptors (Lipinski definition) is 4. The molecule has 0 aliphatic carbocycles. The number of esters is 1. The average Bonchev–Trinajstić information content (AvgIpc) is 2.64. The Balaban J connectivity index is 1.94. The first-order valence-corrected chi connectivity index (χ1v) is 8.91. The third-order valence-corrected chi connectivity index (χ3v) is 4.83. The Morgan fingerprint density at radius 3 is 2.58 bits per heavy atom. The lowest BCUT2D eigenvalue weighted by Crippen LogP contribution is -3.13. The predicted octanol–water partition coefficient (Wildman–Crippen LogP) is -0.0482. The number of H-pyrrole nitrogens is 1. The second-order valence-electron chi connectivity index (χ2n) is 6.51. The van der Waals surface area contributed by atoms with Gasteiger partial charge in [-0.25, -0.2) is 4.79 Å². The molecule has 1 amide bonds. The van der Waals surface area contributed by atoms with Crippen molar-refractivity contribution in [1.82, 2.24) is 9.88 Å². The molecule has 138 valence electrons. The van der Waals surface area contributed by atoms with E-state index in [0.29, 0.717) is 36.1 Å². The highest BCUT2D eigenvalue weighted by molar-refractivity contribution is 5.92. The van der Waals surface area contributed by atoms with E-state index in [1.807, 2.05) is 12.1 Å². The number of nitrogens with one attached hydrogen (secondary N) is 2. The highest BCUT2D eigenvalue weighted by Gasteiger charge is 2.26. The zero-order valence-corrected chi connectivity index (χ0v) is 15.1. The largest absolute Gasteiger partial charge is 0.461 e. The van der Waals surface area contributed by atoms with Crippen LogP contribution in [-0.2, 0) is 16.1 Å². The van der Waals surface area contributed by atoms with Crippen LogP contribution in [0.25, 0.3) is 10.9 Å². The number of nitrogens with zero attached hydrogens (tertiary/aromatic N) is 1. The van der Waals surface area contributed by atoms with E-state index in [-0.39, 0.29) is 23.6 Å². The van der Waals surface area contributed by atoms with E-state index in [0.717, 1.165) is 13.1 Å². The molecule has 2 heterocycles. The van der Waals surface area contributed by atoms with Crippen molar-refractivity contribution in [3.8, 4) is 0 Å². The molecule has 1 aliphatic rings. The zero-order chi connectivity index (χ0) is 18.7. The van der Waals surface area contributed by atoms with Gasteiger partial charge in [0.05, 0.1) is 38.3 Å². The van der Waals surface area contributed by atoms with Gasteiger partial charge in [-0.1, -0.05) is 12.1 Å². The fourth-order valence-electron chi connectivity index (χ4n) is 3.39. The van der Waals surface area contributed by atoms with Gasteiger partial charge >= 0.3 is 5.97 Å². The van der Waals surface area contributed by atoms with E-state index in [9.17, 15) is 14.4 Å². The number of hydrogen-bond donors (Lipinski definition) is 2. The molecule has 7 heteroatoms. The van der Waals surface area contributed by atoms with Crippen molar-refractivity contribution in [2.75, 3.05) is 32.8 Å². The Labute approximate surface area is 151 Å². The summed E-state index contributed by atoms with van der Waals surface area (Å²) in [4.78, 5) is 42.9. The molecule has 7 nitrogen and oxygen atoms in total. The molecule has 0 unspecified atom stereocenters. The van der Waals surface area contributed by atoms with Crippen molar-refractivity contribution in [2.45, 2.75) is 20.4 Å². The number of amides is 1. The highest BCUT2D eigenvalue weighted by atomic mass is 16.5. The quantitative estimate of drug-likeness (QED) is 0.751. The summed E-state index contributed by atoms with van der Waals surface area (Å²) in [6.45, 7) is 6.79. The molecule has 0 bridgehead atoms. The second kappa shape index (κ2) is 7.70. The molecular weight excluding hydrogens is 334 g/mol. The van der Waals surface area contributed by atoms with Gasteiger partial charge in [-0.15, -0.1) is 0 Å². The normalized spacial score (nSPS) is 15.2. The molecular formula is C19H24N3O4+. The molecule has 2 N–H and O–H groups in total. The summed E-state index contributed by atoms with van der Waals surface area (Å²) < 4.78 is 5.14. The van der Waals surface area contributed by atoms with Crippen molar-refractivity contribution < 1.29 is 19.2 Å². The van der Waals surface area contributed by atoms with E-state index in [1.165, 1.54) is 4.90 Å². The van der Waals surface area contributed by atoms with Gasteiger partial charge < -0.3 is 19.5 Å². The van der Waals surface area contributed by atoms with Crippen LogP contribution in [0.4, 0.5) is 0 Å². The Morgan fingerprint density at radius 1 is 1.23 bits per heavy atom. The number of fused-ring (bicyclic) bond motifs is 1. The van der Waals surface area contributed by atoms with E-state index >= 15 is 0 Å². The van der Waals surface area contributed by atoms with Crippen LogP contribution >= 0.6 is 0 Å². The summed E-state index contributed by atoms with van der Waals surface area (Å²) in [6.07, 6.45) is 0. The van der Waals surface area contributed by atoms with Crippen molar-refractivity contribution in [2.24, 2.45) is 0 Å². The van der Waals surface area contributed by atoms with Gasteiger partial charge in [0.15, 0.2) is 5.43 Å². The van der Waals surface area contributed by atoms with Crippen LogP contribution in [0, 0.1) is 0 Å². The zero-order valence-electron chi connectivity index (χ0n) is 15.1. The first-order chi connectivity index (χ1) is 12.5. The fraction of sp³-hybridized carbons (Fsp3) is 0.421. The maximum Gasteiger partial charge on any atom is 0.355 e. The van der Waals surface area contributed by atoms with Crippen LogP contribution in [0.3, 0.4) is 0 Å². The topological polar surface area (TPSA) is 83.9 Å². The maximum absolute atomic E-state index is 13.0. The molecule has 0 atom stereocenters. The van der Waals surface area contributed by atoms with Gasteiger partial charge in [-0.05, 0) is 19.1 Å². The van der Waals surface area contributed by atoms with E-state index in [4.69, 9.17) is 4.74 Å². The number of aromatic amines is 1. The Kier molecular flexibility index (Phi) is 5.37. The Hall–Kier alpha value is -2.67. The number of carbonyl (C=O) groups excluding carboxylic acids is 2. The lowest BCUT2D eigenvalue weighted by atomic mass is 10.1. The van der Waals surface area contributed by atoms with E-state index in [1.54, 1.807) is 30.9 Å². The first-order valence-electron chi connectivity index (χ1n) is 8.91. The average molecular weight is 358 g/mol. The number of aromatic nitrogens is 1. The summed E-state index contributed by atoms with van der Waals surface area (Å²) in [6, 6.07) is 7.17. The highest BCUT2D eigenvalue weighted by Crippen LogP contribution is 2.12. The van der Waals surface area contributed by atoms with Crippen LogP contribution in [-0.4, -0.2) is 54.5 Å². The summed E-state index contributed by atoms with van der Waals surface area (Å²) in [5, 5.41) is 0.567. The minimum absolute atomic E-state index is 0.0693. The van der Waals surface area contributed by atoms with Crippen LogP contribution in [0.15, 0.2) is 29.1 Å². The third-order valence-electron chi connectivity index (χ3n) is 4.83. The third kappa shape index (κ3) is 3.62. The van der Waals surface area contributed by atoms with Crippen LogP contribution in [0.2, 0.25) is 0 Å². The van der Waals surface area contributed by atoms with Gasteiger partial charge in [0.1, 0.15) is 12.2 Å². The summed E-state index contributed by atoms with van der Waals surface area (Å²) >= 11 is 0. The number of piperazine rings is 1. The molecule has 1 saturated heterocycles. The summed E-state index contributed by atoms with van der Waals surface area (Å²) in [7, 11) is 0. The lowest BCUT2D eigenvalue weighted by molar-refractivity contribution is -0.917. The Morgan fingerprint density at radius 2 is 1.92 bits per heavy atom. The molecule has 1 fully saturated rings. The van der Waals surface area contributed by atoms with Gasteiger partial charge in [0, 0.05) is 17.8 Å². The van der Waals surface area contributed by atoms with Crippen molar-refractivity contribution >= 4 is 22.8 Å². The molecule has 0 spiro atoms. The second-order valence-corrected chi connectivity index (χ2v) is 6.51. The van der Waals surface area contributed by atoms with Gasteiger partial charge in [-0.2, -0.15) is 0 Å². The number of quaternary nitrogens is 1. The van der Waals surface area contributed by atoms with Crippen LogP contribution < -0.4 is 10.3 Å². The van der Waals surface area contributed by atoms with E-state index in [2.05, 4.69) is 4.98 Å². The van der Waals surface area contributed by atoms with Crippen molar-refractivity contribution in [3.05, 3.63) is 45.7 Å². The minimum Gasteiger partial charge on any atom is -0.461 e. The molecule has 1 aliphatic heterocycles. The fourth-order valence-corrected chi connectivity index (χ4v) is 3.39. The predicted molar refractivity (Wildman–Crippen MR) is 97.2 cm³/mol. The molecule has 0 saturated carbocycles. The SMILES string of the molecule is CCOC(=O)c1[nH]c2ccccc2c(=O)c1C[NH+]1CCN(C(C)=O)CC1. The number of benzene rings is 1. The molecule has 1 aromatic heterocycles. The lowest BCUT2D eigenvalue weighted by Gasteiger charge is -2.31. The molecule has 2 aromatic rings. The van der Waals surface area contributed by atoms with Gasteiger partial charge in [0.25, 0.3) is 0 Å². The maximum atomic E-state index is 13.0. The Bertz CT molecular complexity index is 882. The van der Waals surface area contributed by atoms with Crippen molar-refractivity contribution in [3.63, 3.8) is 0 Å². The summed E-state index contributed by atoms with van der Waals surface area (Å²) in [5.74, 6) is -0.438. The number of carbonyl (C=O) groups is 2. The smallest absolute Gasteiger partial charge is 0.355 e. The minimum atomic E-state index is -0.507. The van der Waals surface area contributed by atoms with Crippen molar-refractivity contribution in [1.29, 1.82) is 0 Å². The number of rotatable bonds is 4. The summed E-state index contributed by atoms with van der Waals surface area (Å²) in [5.41, 5.74) is 1.18. The van der Waals surface area contributed by atoms with Gasteiger partial charge in [-0.3, -0.25) is 9.59 Å². The van der Waals surface area contributed by atoms with Crippen LogP contribution in [0.5, 0.6) is 0 Å². The monoisotopic (exact) mass is 358 g/mol. The standard InChI is InChI=1S/C19H23N3O4/c1-3-26-19(25)17-15(12-21-8-10-22(11-9-21)13(2)23)18(24)14-6-4-5-7-16(14)20-17/h4-7H,3,8-12H2,1-2H3,(H,20,24)/p+1.